The van der Waals surface area contributed by atoms with Gasteiger partial charge in [0.05, 0.1) is 14.2 Å². The molecule has 0 fully saturated rings. The molecule has 2 rings (SSSR count). The molecule has 9 nitrogen and oxygen atoms in total. The Balaban J connectivity index is 0.000000804. The van der Waals surface area contributed by atoms with Crippen molar-refractivity contribution in [1.29, 1.82) is 0 Å². The van der Waals surface area contributed by atoms with Crippen molar-refractivity contribution in [1.82, 2.24) is 0 Å². The first-order chi connectivity index (χ1) is 14.1. The molecule has 0 atom stereocenters. The van der Waals surface area contributed by atoms with Crippen molar-refractivity contribution >= 4 is 34.3 Å². The molecule has 30 heavy (non-hydrogen) atoms. The van der Waals surface area contributed by atoms with Gasteiger partial charge in [-0.05, 0) is 12.1 Å². The predicted octanol–water partition coefficient (Wildman–Crippen LogP) is 1.98. The van der Waals surface area contributed by atoms with Crippen molar-refractivity contribution in [2.24, 2.45) is 0 Å². The van der Waals surface area contributed by atoms with Gasteiger partial charge in [0.1, 0.15) is 0 Å². The largest absolute Gasteiger partial charge is 0.722 e. The average molecular weight is 439 g/mol. The number of benzene rings is 2. The SMILES string of the molecule is COC(=O)/C(O)=C(\C(=O)OC)[N+](=Cc1ccccc1)c1ccccc1.O=S(=O)([O-])F. The predicted molar refractivity (Wildman–Crippen MR) is 102 cm³/mol. The van der Waals surface area contributed by atoms with Crippen LogP contribution in [0.5, 0.6) is 0 Å². The van der Waals surface area contributed by atoms with Gasteiger partial charge in [-0.3, -0.25) is 0 Å². The molecular formula is C19H18FNO8S. The first-order valence-corrected chi connectivity index (χ1v) is 9.38. The van der Waals surface area contributed by atoms with Crippen LogP contribution in [0.2, 0.25) is 0 Å². The molecule has 160 valence electrons. The summed E-state index contributed by atoms with van der Waals surface area (Å²) in [5, 5.41) is 10.2. The van der Waals surface area contributed by atoms with Crippen molar-refractivity contribution in [3.8, 4) is 0 Å². The fourth-order valence-electron chi connectivity index (χ4n) is 2.14. The third-order valence-corrected chi connectivity index (χ3v) is 3.33. The summed E-state index contributed by atoms with van der Waals surface area (Å²) < 4.78 is 46.0. The fraction of sp³-hybridized carbons (Fsp3) is 0.105. The molecule has 11 heteroatoms. The molecule has 0 radical (unpaired) electrons. The van der Waals surface area contributed by atoms with Gasteiger partial charge in [0, 0.05) is 17.7 Å². The minimum atomic E-state index is -5.42. The van der Waals surface area contributed by atoms with Crippen LogP contribution in [0.3, 0.4) is 0 Å². The van der Waals surface area contributed by atoms with Gasteiger partial charge in [-0.15, -0.1) is 3.89 Å². The van der Waals surface area contributed by atoms with Crippen LogP contribution in [0.4, 0.5) is 9.57 Å². The van der Waals surface area contributed by atoms with Crippen molar-refractivity contribution < 1.29 is 45.6 Å². The molecule has 0 aromatic heterocycles. The van der Waals surface area contributed by atoms with Crippen molar-refractivity contribution in [2.75, 3.05) is 14.2 Å². The second-order valence-electron chi connectivity index (χ2n) is 5.32. The summed E-state index contributed by atoms with van der Waals surface area (Å²) in [7, 11) is -3.14. The van der Waals surface area contributed by atoms with Crippen LogP contribution in [0, 0.1) is 0 Å². The number of esters is 2. The number of halogens is 1. The van der Waals surface area contributed by atoms with Gasteiger partial charge < -0.3 is 19.1 Å². The molecule has 0 heterocycles. The third kappa shape index (κ3) is 8.20. The number of methoxy groups -OCH3 is 2. The van der Waals surface area contributed by atoms with Crippen molar-refractivity contribution in [3.05, 3.63) is 77.7 Å². The minimum Gasteiger partial charge on any atom is -0.722 e. The lowest BCUT2D eigenvalue weighted by molar-refractivity contribution is -0.378. The maximum atomic E-state index is 12.3. The zero-order chi connectivity index (χ0) is 22.7. The van der Waals surface area contributed by atoms with Gasteiger partial charge in [0.2, 0.25) is 5.69 Å². The summed E-state index contributed by atoms with van der Waals surface area (Å²) in [5.74, 6) is -2.76. The Morgan fingerprint density at radius 3 is 1.83 bits per heavy atom. The molecule has 0 saturated carbocycles. The Hall–Kier alpha value is -3.57. The summed E-state index contributed by atoms with van der Waals surface area (Å²) in [6, 6.07) is 18.0. The number of para-hydroxylation sites is 1. The average Bonchev–Trinajstić information content (AvgIpc) is 2.72. The second-order valence-corrected chi connectivity index (χ2v) is 6.11. The van der Waals surface area contributed by atoms with E-state index in [9.17, 15) is 18.6 Å². The zero-order valence-electron chi connectivity index (χ0n) is 15.9. The number of carbonyl (C=O) groups is 2. The molecule has 0 spiro atoms. The highest BCUT2D eigenvalue weighted by Gasteiger charge is 2.34. The summed E-state index contributed by atoms with van der Waals surface area (Å²) in [5.41, 5.74) is 0.969. The number of carbonyl (C=O) groups excluding carboxylic acids is 2. The fourth-order valence-corrected chi connectivity index (χ4v) is 2.14. The summed E-state index contributed by atoms with van der Waals surface area (Å²) >= 11 is 0. The molecular weight excluding hydrogens is 421 g/mol. The minimum absolute atomic E-state index is 0.343. The van der Waals surface area contributed by atoms with E-state index in [0.717, 1.165) is 12.7 Å². The van der Waals surface area contributed by atoms with E-state index in [1.165, 1.54) is 11.7 Å². The first-order valence-electron chi connectivity index (χ1n) is 8.08. The zero-order valence-corrected chi connectivity index (χ0v) is 16.7. The summed E-state index contributed by atoms with van der Waals surface area (Å²) in [6.45, 7) is 0. The number of rotatable bonds is 5. The van der Waals surface area contributed by atoms with Gasteiger partial charge in [-0.2, -0.15) is 4.58 Å². The highest BCUT2D eigenvalue weighted by atomic mass is 32.3. The molecule has 0 bridgehead atoms. The maximum Gasteiger partial charge on any atom is 0.408 e. The number of aliphatic hydroxyl groups is 1. The van der Waals surface area contributed by atoms with Gasteiger partial charge in [0.25, 0.3) is 16.3 Å². The van der Waals surface area contributed by atoms with E-state index in [1.807, 2.05) is 36.4 Å². The molecule has 1 N–H and O–H groups in total. The van der Waals surface area contributed by atoms with Crippen LogP contribution in [0.25, 0.3) is 0 Å². The van der Waals surface area contributed by atoms with Crippen LogP contribution in [0.15, 0.2) is 72.1 Å². The normalized spacial score (nSPS) is 12.1. The van der Waals surface area contributed by atoms with Gasteiger partial charge in [0.15, 0.2) is 6.21 Å². The van der Waals surface area contributed by atoms with Crippen LogP contribution in [0.1, 0.15) is 5.56 Å². The van der Waals surface area contributed by atoms with Crippen molar-refractivity contribution in [3.63, 3.8) is 0 Å². The molecule has 0 saturated heterocycles. The molecule has 0 unspecified atom stereocenters. The number of ether oxygens (including phenoxy) is 2. The van der Waals surface area contributed by atoms with E-state index in [2.05, 4.69) is 4.74 Å². The van der Waals surface area contributed by atoms with E-state index in [4.69, 9.17) is 17.7 Å². The van der Waals surface area contributed by atoms with E-state index in [1.54, 1.807) is 30.5 Å². The highest BCUT2D eigenvalue weighted by Crippen LogP contribution is 2.20. The van der Waals surface area contributed by atoms with Crippen LogP contribution >= 0.6 is 0 Å². The van der Waals surface area contributed by atoms with Crippen LogP contribution in [-0.4, -0.2) is 55.0 Å². The Morgan fingerprint density at radius 1 is 0.967 bits per heavy atom. The Bertz CT molecular complexity index is 1030. The topological polar surface area (TPSA) is 133 Å². The van der Waals surface area contributed by atoms with Gasteiger partial charge in [-0.25, -0.2) is 18.0 Å². The third-order valence-electron chi connectivity index (χ3n) is 3.33. The molecule has 0 aliphatic rings. The first kappa shape index (κ1) is 24.5. The molecule has 2 aromatic carbocycles. The molecule has 0 aliphatic carbocycles. The number of nitrogens with zero attached hydrogens (tertiary/aromatic N) is 1. The Morgan fingerprint density at radius 2 is 1.40 bits per heavy atom. The van der Waals surface area contributed by atoms with Gasteiger partial charge >= 0.3 is 17.6 Å². The van der Waals surface area contributed by atoms with E-state index >= 15 is 0 Å². The lowest BCUT2D eigenvalue weighted by Crippen LogP contribution is -2.23. The molecule has 0 aliphatic heterocycles. The quantitative estimate of drug-likeness (QED) is 0.142. The van der Waals surface area contributed by atoms with E-state index in [0.29, 0.717) is 5.69 Å². The number of aliphatic hydroxyl groups excluding tert-OH is 1. The second kappa shape index (κ2) is 11.4. The lowest BCUT2D eigenvalue weighted by Gasteiger charge is -2.07. The van der Waals surface area contributed by atoms with Crippen LogP contribution in [-0.2, 0) is 29.6 Å². The summed E-state index contributed by atoms with van der Waals surface area (Å²) in [4.78, 5) is 24.1. The highest BCUT2D eigenvalue weighted by molar-refractivity contribution is 7.80. The Labute approximate surface area is 172 Å². The lowest BCUT2D eigenvalue weighted by atomic mass is 10.2. The maximum absolute atomic E-state index is 12.3. The van der Waals surface area contributed by atoms with E-state index in [-0.39, 0.29) is 5.70 Å². The van der Waals surface area contributed by atoms with E-state index < -0.39 is 28.2 Å². The number of hydrogen-bond acceptors (Lipinski definition) is 8. The molecule has 0 amide bonds. The monoisotopic (exact) mass is 439 g/mol. The van der Waals surface area contributed by atoms with Crippen molar-refractivity contribution in [2.45, 2.75) is 0 Å². The molecule has 2 aromatic rings. The van der Waals surface area contributed by atoms with Crippen LogP contribution < -0.4 is 0 Å². The number of hydrogen-bond donors (Lipinski definition) is 1. The van der Waals surface area contributed by atoms with Gasteiger partial charge in [-0.1, -0.05) is 36.4 Å². The standard InChI is InChI=1S/C19H17NO5.FHO3S/c1-24-18(22)16(17(21)19(23)25-2)20(15-11-7-4-8-12-15)13-14-9-5-3-6-10-14;1-5(2,3)4/h3-13H,1-2H3;(H,2,3,4). The smallest absolute Gasteiger partial charge is 0.408 e. The Kier molecular flexibility index (Phi) is 9.33. The summed E-state index contributed by atoms with van der Waals surface area (Å²) in [6.07, 6.45) is 1.61.